The molecule has 0 aliphatic rings. The molecule has 29 heavy (non-hydrogen) atoms. The minimum absolute atomic E-state index is 0.0255. The first-order chi connectivity index (χ1) is 14.0. The van der Waals surface area contributed by atoms with Gasteiger partial charge in [0, 0.05) is 22.6 Å². The van der Waals surface area contributed by atoms with Crippen molar-refractivity contribution in [2.75, 3.05) is 5.75 Å². The van der Waals surface area contributed by atoms with E-state index in [1.54, 1.807) is 11.0 Å². The highest BCUT2D eigenvalue weighted by Gasteiger charge is 2.18. The number of ketones is 1. The molecule has 0 N–H and O–H groups in total. The first-order valence-corrected chi connectivity index (χ1v) is 10.1. The second kappa shape index (κ2) is 8.04. The first kappa shape index (κ1) is 19.1. The van der Waals surface area contributed by atoms with Crippen LogP contribution in [0.5, 0.6) is 0 Å². The number of hydrogen-bond donors (Lipinski definition) is 0. The first-order valence-electron chi connectivity index (χ1n) is 9.08. The summed E-state index contributed by atoms with van der Waals surface area (Å²) >= 11 is 1.23. The molecule has 148 valence electrons. The van der Waals surface area contributed by atoms with E-state index in [2.05, 4.69) is 56.0 Å². The molecule has 3 heterocycles. The fourth-order valence-corrected chi connectivity index (χ4v) is 3.82. The average molecular weight is 408 g/mol. The van der Waals surface area contributed by atoms with E-state index in [1.165, 1.54) is 23.7 Å². The maximum Gasteiger partial charge on any atom is 0.277 e. The van der Waals surface area contributed by atoms with Crippen molar-refractivity contribution in [1.29, 1.82) is 0 Å². The third kappa shape index (κ3) is 4.14. The second-order valence-electron chi connectivity index (χ2n) is 6.72. The molecule has 0 fully saturated rings. The molecule has 8 nitrogen and oxygen atoms in total. The zero-order valence-electron chi connectivity index (χ0n) is 16.4. The fraction of sp³-hybridized carbons (Fsp3) is 0.250. The maximum atomic E-state index is 12.8. The Labute approximate surface area is 172 Å². The molecule has 0 aliphatic heterocycles. The van der Waals surface area contributed by atoms with E-state index in [-0.39, 0.29) is 11.5 Å². The number of hydrogen-bond acceptors (Lipinski definition) is 7. The lowest BCUT2D eigenvalue weighted by Gasteiger charge is -2.10. The summed E-state index contributed by atoms with van der Waals surface area (Å²) in [7, 11) is 0. The number of carbonyl (C=O) groups excluding carboxylic acids is 1. The van der Waals surface area contributed by atoms with Gasteiger partial charge in [-0.3, -0.25) is 4.79 Å². The summed E-state index contributed by atoms with van der Waals surface area (Å²) in [4.78, 5) is 16.7. The highest BCUT2D eigenvalue weighted by molar-refractivity contribution is 7.99. The summed E-state index contributed by atoms with van der Waals surface area (Å²) in [5.41, 5.74) is 4.90. The number of carbonyl (C=O) groups is 1. The number of aryl methyl sites for hydroxylation is 2. The molecule has 4 rings (SSSR count). The number of benzene rings is 1. The van der Waals surface area contributed by atoms with Crippen LogP contribution in [0, 0.1) is 20.8 Å². The monoisotopic (exact) mass is 408 g/mol. The van der Waals surface area contributed by atoms with Gasteiger partial charge in [-0.2, -0.15) is 5.10 Å². The van der Waals surface area contributed by atoms with E-state index in [0.29, 0.717) is 23.2 Å². The van der Waals surface area contributed by atoms with E-state index in [1.807, 2.05) is 19.9 Å². The van der Waals surface area contributed by atoms with Crippen LogP contribution in [0.2, 0.25) is 0 Å². The third-order valence-electron chi connectivity index (χ3n) is 4.56. The van der Waals surface area contributed by atoms with Crippen LogP contribution < -0.4 is 0 Å². The van der Waals surface area contributed by atoms with Crippen molar-refractivity contribution in [3.8, 4) is 5.69 Å². The highest BCUT2D eigenvalue weighted by Crippen LogP contribution is 2.24. The normalized spacial score (nSPS) is 11.1. The van der Waals surface area contributed by atoms with Gasteiger partial charge in [-0.25, -0.2) is 9.67 Å². The zero-order valence-corrected chi connectivity index (χ0v) is 17.2. The summed E-state index contributed by atoms with van der Waals surface area (Å²) < 4.78 is 9.27. The lowest BCUT2D eigenvalue weighted by molar-refractivity contribution is 0.102. The Morgan fingerprint density at radius 2 is 1.93 bits per heavy atom. The van der Waals surface area contributed by atoms with Crippen LogP contribution in [-0.4, -0.2) is 41.1 Å². The van der Waals surface area contributed by atoms with Crippen LogP contribution in [0.1, 0.15) is 33.2 Å². The van der Waals surface area contributed by atoms with E-state index in [9.17, 15) is 4.79 Å². The van der Waals surface area contributed by atoms with E-state index in [0.717, 1.165) is 17.1 Å². The molecular weight excluding hydrogens is 388 g/mol. The van der Waals surface area contributed by atoms with Gasteiger partial charge >= 0.3 is 0 Å². The van der Waals surface area contributed by atoms with Crippen LogP contribution in [0.25, 0.3) is 5.69 Å². The maximum absolute atomic E-state index is 12.8. The molecule has 3 aromatic heterocycles. The largest absolute Gasteiger partial charge is 0.414 e. The van der Waals surface area contributed by atoms with Gasteiger partial charge in [0.2, 0.25) is 5.89 Å². The number of thioether (sulfide) groups is 1. The molecule has 0 bridgehead atoms. The highest BCUT2D eigenvalue weighted by atomic mass is 32.2. The summed E-state index contributed by atoms with van der Waals surface area (Å²) in [5.74, 6) is 0.670. The van der Waals surface area contributed by atoms with E-state index >= 15 is 0 Å². The number of rotatable bonds is 7. The van der Waals surface area contributed by atoms with Gasteiger partial charge < -0.3 is 8.98 Å². The smallest absolute Gasteiger partial charge is 0.277 e. The van der Waals surface area contributed by atoms with Crippen molar-refractivity contribution in [3.05, 3.63) is 71.4 Å². The Balaban J connectivity index is 1.44. The molecule has 0 saturated carbocycles. The Hall–Kier alpha value is -3.20. The van der Waals surface area contributed by atoms with Crippen molar-refractivity contribution < 1.29 is 9.21 Å². The van der Waals surface area contributed by atoms with Gasteiger partial charge in [-0.1, -0.05) is 29.5 Å². The van der Waals surface area contributed by atoms with Crippen LogP contribution in [0.15, 0.2) is 52.6 Å². The van der Waals surface area contributed by atoms with Gasteiger partial charge in [0.1, 0.15) is 19.2 Å². The lowest BCUT2D eigenvalue weighted by atomic mass is 10.2. The Morgan fingerprint density at radius 1 is 1.14 bits per heavy atom. The molecule has 9 heteroatoms. The minimum atomic E-state index is 0.0255. The van der Waals surface area contributed by atoms with Crippen molar-refractivity contribution >= 4 is 17.5 Å². The van der Waals surface area contributed by atoms with Crippen LogP contribution in [0.3, 0.4) is 0 Å². The molecule has 0 aliphatic carbocycles. The number of Topliss-reactive ketones (excluding diaryl/α,β-unsaturated/α-hetero) is 1. The fourth-order valence-electron chi connectivity index (χ4n) is 3.15. The summed E-state index contributed by atoms with van der Waals surface area (Å²) in [6, 6.07) is 10.2. The van der Waals surface area contributed by atoms with Crippen molar-refractivity contribution in [3.63, 3.8) is 0 Å². The van der Waals surface area contributed by atoms with Crippen LogP contribution in [-0.2, 0) is 6.54 Å². The Bertz CT molecular complexity index is 1130. The minimum Gasteiger partial charge on any atom is -0.414 e. The predicted octanol–water partition coefficient (Wildman–Crippen LogP) is 3.40. The molecule has 4 aromatic rings. The van der Waals surface area contributed by atoms with Crippen LogP contribution in [0.4, 0.5) is 0 Å². The second-order valence-corrected chi connectivity index (χ2v) is 7.65. The molecule has 0 spiro atoms. The number of aromatic nitrogens is 6. The third-order valence-corrected chi connectivity index (χ3v) is 5.38. The van der Waals surface area contributed by atoms with Gasteiger partial charge in [0.05, 0.1) is 5.75 Å². The molecular formula is C20H20N6O2S. The standard InChI is InChI=1S/C20H20N6O2S/c1-13-4-6-16(7-5-13)26-14(2)8-17(15(26)3)18(27)10-29-20-24-23-19(28-20)9-25-12-21-11-22-25/h4-8,11-12H,9-10H2,1-3H3. The van der Waals surface area contributed by atoms with Gasteiger partial charge in [-0.05, 0) is 39.0 Å². The quantitative estimate of drug-likeness (QED) is 0.342. The Morgan fingerprint density at radius 3 is 2.66 bits per heavy atom. The summed E-state index contributed by atoms with van der Waals surface area (Å²) in [6.07, 6.45) is 3.02. The molecule has 0 atom stereocenters. The SMILES string of the molecule is Cc1ccc(-n2c(C)cc(C(=O)CSc3nnc(Cn4cncn4)o3)c2C)cc1. The molecule has 0 radical (unpaired) electrons. The van der Waals surface area contributed by atoms with E-state index < -0.39 is 0 Å². The lowest BCUT2D eigenvalue weighted by Crippen LogP contribution is -2.05. The molecule has 0 saturated heterocycles. The summed E-state index contributed by atoms with van der Waals surface area (Å²) in [5, 5.41) is 12.3. The summed E-state index contributed by atoms with van der Waals surface area (Å²) in [6.45, 7) is 6.37. The number of nitrogens with zero attached hydrogens (tertiary/aromatic N) is 6. The molecule has 0 unspecified atom stereocenters. The van der Waals surface area contributed by atoms with Crippen molar-refractivity contribution in [2.45, 2.75) is 32.5 Å². The zero-order chi connectivity index (χ0) is 20.4. The molecule has 0 amide bonds. The Kier molecular flexibility index (Phi) is 5.30. The van der Waals surface area contributed by atoms with Gasteiger partial charge in [0.15, 0.2) is 5.78 Å². The van der Waals surface area contributed by atoms with Crippen molar-refractivity contribution in [2.24, 2.45) is 0 Å². The average Bonchev–Trinajstić information content (AvgIpc) is 3.43. The molecule has 1 aromatic carbocycles. The van der Waals surface area contributed by atoms with Gasteiger partial charge in [-0.15, -0.1) is 10.2 Å². The van der Waals surface area contributed by atoms with Crippen LogP contribution >= 0.6 is 11.8 Å². The van der Waals surface area contributed by atoms with E-state index in [4.69, 9.17) is 4.42 Å². The topological polar surface area (TPSA) is 91.6 Å². The van der Waals surface area contributed by atoms with Crippen molar-refractivity contribution in [1.82, 2.24) is 29.5 Å². The predicted molar refractivity (Wildman–Crippen MR) is 108 cm³/mol. The van der Waals surface area contributed by atoms with Gasteiger partial charge in [0.25, 0.3) is 5.22 Å².